The van der Waals surface area contributed by atoms with Crippen LogP contribution in [-0.2, 0) is 9.53 Å². The largest absolute Gasteiger partial charge is 0.493 e. The summed E-state index contributed by atoms with van der Waals surface area (Å²) in [6.07, 6.45) is 3.00. The lowest BCUT2D eigenvalue weighted by molar-refractivity contribution is -0.148. The lowest BCUT2D eigenvalue weighted by Gasteiger charge is -2.33. The Morgan fingerprint density at radius 1 is 1.22 bits per heavy atom. The molecule has 23 heavy (non-hydrogen) atoms. The normalized spacial score (nSPS) is 19.8. The molecule has 3 rings (SSSR count). The molecule has 1 aromatic rings. The molecule has 0 radical (unpaired) electrons. The van der Waals surface area contributed by atoms with Crippen molar-refractivity contribution in [2.45, 2.75) is 31.2 Å². The highest BCUT2D eigenvalue weighted by atomic mass is 16.5. The van der Waals surface area contributed by atoms with Gasteiger partial charge in [-0.15, -0.1) is 0 Å². The first-order chi connectivity index (χ1) is 11.1. The average molecular weight is 319 g/mol. The smallest absolute Gasteiger partial charge is 0.329 e. The van der Waals surface area contributed by atoms with E-state index < -0.39 is 11.5 Å². The van der Waals surface area contributed by atoms with Crippen molar-refractivity contribution in [2.24, 2.45) is 5.92 Å². The first kappa shape index (κ1) is 15.8. The van der Waals surface area contributed by atoms with E-state index in [2.05, 4.69) is 5.32 Å². The number of nitrogens with one attached hydrogen (secondary N) is 1. The summed E-state index contributed by atoms with van der Waals surface area (Å²) in [6, 6.07) is 6.81. The Morgan fingerprint density at radius 2 is 1.87 bits per heavy atom. The molecule has 0 bridgehead atoms. The summed E-state index contributed by atoms with van der Waals surface area (Å²) >= 11 is 0. The Labute approximate surface area is 134 Å². The molecule has 0 atom stereocenters. The number of carboxylic acid groups (broad SMARTS) is 1. The van der Waals surface area contributed by atoms with Crippen LogP contribution in [0.3, 0.4) is 0 Å². The summed E-state index contributed by atoms with van der Waals surface area (Å²) < 4.78 is 10.8. The van der Waals surface area contributed by atoms with E-state index in [0.717, 1.165) is 5.75 Å². The molecule has 1 heterocycles. The molecular formula is C17H21NO5. The zero-order chi connectivity index (χ0) is 16.3. The molecule has 1 saturated heterocycles. The van der Waals surface area contributed by atoms with Crippen LogP contribution in [0.2, 0.25) is 0 Å². The van der Waals surface area contributed by atoms with Gasteiger partial charge < -0.3 is 19.9 Å². The van der Waals surface area contributed by atoms with Crippen LogP contribution >= 0.6 is 0 Å². The third-order valence-electron chi connectivity index (χ3n) is 4.41. The molecule has 2 fully saturated rings. The van der Waals surface area contributed by atoms with Gasteiger partial charge in [0.25, 0.3) is 5.91 Å². The number of aliphatic carboxylic acids is 1. The lowest BCUT2D eigenvalue weighted by Crippen LogP contribution is -2.57. The maximum Gasteiger partial charge on any atom is 0.329 e. The van der Waals surface area contributed by atoms with Gasteiger partial charge in [-0.2, -0.15) is 0 Å². The van der Waals surface area contributed by atoms with Gasteiger partial charge in [-0.05, 0) is 43.0 Å². The number of carboxylic acids is 1. The third kappa shape index (κ3) is 3.82. The van der Waals surface area contributed by atoms with Crippen molar-refractivity contribution in [3.05, 3.63) is 29.8 Å². The average Bonchev–Trinajstić information content (AvgIpc) is 3.38. The molecule has 0 unspecified atom stereocenters. The topological polar surface area (TPSA) is 84.9 Å². The maximum atomic E-state index is 12.4. The van der Waals surface area contributed by atoms with Crippen LogP contribution in [0.1, 0.15) is 36.0 Å². The van der Waals surface area contributed by atoms with E-state index in [-0.39, 0.29) is 18.7 Å². The van der Waals surface area contributed by atoms with Gasteiger partial charge in [0.1, 0.15) is 11.3 Å². The first-order valence-corrected chi connectivity index (χ1v) is 7.96. The third-order valence-corrected chi connectivity index (χ3v) is 4.41. The fourth-order valence-corrected chi connectivity index (χ4v) is 2.60. The Balaban J connectivity index is 1.63. The van der Waals surface area contributed by atoms with E-state index in [4.69, 9.17) is 9.47 Å². The Bertz CT molecular complexity index is 573. The van der Waals surface area contributed by atoms with Crippen LogP contribution in [0.25, 0.3) is 0 Å². The van der Waals surface area contributed by atoms with Crippen molar-refractivity contribution in [3.8, 4) is 5.75 Å². The van der Waals surface area contributed by atoms with Crippen LogP contribution < -0.4 is 10.1 Å². The molecule has 124 valence electrons. The fourth-order valence-electron chi connectivity index (χ4n) is 2.60. The second-order valence-corrected chi connectivity index (χ2v) is 6.23. The van der Waals surface area contributed by atoms with Crippen molar-refractivity contribution in [1.29, 1.82) is 0 Å². The van der Waals surface area contributed by atoms with Crippen LogP contribution in [0, 0.1) is 5.92 Å². The first-order valence-electron chi connectivity index (χ1n) is 7.96. The number of hydrogen-bond donors (Lipinski definition) is 2. The second-order valence-electron chi connectivity index (χ2n) is 6.23. The highest BCUT2D eigenvalue weighted by molar-refractivity contribution is 5.98. The minimum absolute atomic E-state index is 0.274. The van der Waals surface area contributed by atoms with Crippen LogP contribution in [0.15, 0.2) is 24.3 Å². The van der Waals surface area contributed by atoms with E-state index in [1.807, 2.05) is 0 Å². The molecular weight excluding hydrogens is 298 g/mol. The van der Waals surface area contributed by atoms with Crippen molar-refractivity contribution >= 4 is 11.9 Å². The molecule has 1 aliphatic carbocycles. The SMILES string of the molecule is O=C(NC1(C(=O)O)CCOCC1)c1ccc(OCC2CC2)cc1. The number of carbonyl (C=O) groups excluding carboxylic acids is 1. The molecule has 0 spiro atoms. The molecule has 2 N–H and O–H groups in total. The van der Waals surface area contributed by atoms with Crippen molar-refractivity contribution < 1.29 is 24.2 Å². The van der Waals surface area contributed by atoms with Gasteiger partial charge in [-0.1, -0.05) is 0 Å². The molecule has 1 saturated carbocycles. The zero-order valence-electron chi connectivity index (χ0n) is 12.9. The van der Waals surface area contributed by atoms with E-state index in [0.29, 0.717) is 31.3 Å². The summed E-state index contributed by atoms with van der Waals surface area (Å²) in [7, 11) is 0. The number of rotatable bonds is 6. The number of carbonyl (C=O) groups is 2. The molecule has 2 aliphatic rings. The number of ether oxygens (including phenoxy) is 2. The molecule has 1 aliphatic heterocycles. The summed E-state index contributed by atoms with van der Waals surface area (Å²) in [5.41, 5.74) is -0.813. The van der Waals surface area contributed by atoms with E-state index in [1.54, 1.807) is 24.3 Å². The molecule has 6 heteroatoms. The molecule has 1 amide bonds. The summed E-state index contributed by atoms with van der Waals surface area (Å²) in [5, 5.41) is 12.1. The van der Waals surface area contributed by atoms with Crippen molar-refractivity contribution in [2.75, 3.05) is 19.8 Å². The van der Waals surface area contributed by atoms with Gasteiger partial charge in [-0.3, -0.25) is 4.79 Å². The maximum absolute atomic E-state index is 12.4. The van der Waals surface area contributed by atoms with Gasteiger partial charge in [0, 0.05) is 31.6 Å². The van der Waals surface area contributed by atoms with Gasteiger partial charge >= 0.3 is 5.97 Å². The van der Waals surface area contributed by atoms with Crippen molar-refractivity contribution in [3.63, 3.8) is 0 Å². The van der Waals surface area contributed by atoms with Gasteiger partial charge in [-0.25, -0.2) is 4.79 Å². The Morgan fingerprint density at radius 3 is 2.43 bits per heavy atom. The molecule has 6 nitrogen and oxygen atoms in total. The second kappa shape index (κ2) is 6.58. The number of hydrogen-bond acceptors (Lipinski definition) is 4. The lowest BCUT2D eigenvalue weighted by atomic mass is 9.89. The summed E-state index contributed by atoms with van der Waals surface area (Å²) in [4.78, 5) is 23.9. The highest BCUT2D eigenvalue weighted by Gasteiger charge is 2.41. The monoisotopic (exact) mass is 319 g/mol. The van der Waals surface area contributed by atoms with Crippen LogP contribution in [0.4, 0.5) is 0 Å². The van der Waals surface area contributed by atoms with Gasteiger partial charge in [0.2, 0.25) is 0 Å². The summed E-state index contributed by atoms with van der Waals surface area (Å²) in [6.45, 7) is 1.38. The van der Waals surface area contributed by atoms with E-state index >= 15 is 0 Å². The fraction of sp³-hybridized carbons (Fsp3) is 0.529. The predicted molar refractivity (Wildman–Crippen MR) is 82.5 cm³/mol. The molecule has 1 aromatic carbocycles. The zero-order valence-corrected chi connectivity index (χ0v) is 12.9. The Kier molecular flexibility index (Phi) is 4.52. The van der Waals surface area contributed by atoms with Crippen LogP contribution in [0.5, 0.6) is 5.75 Å². The molecule has 0 aromatic heterocycles. The predicted octanol–water partition coefficient (Wildman–Crippen LogP) is 1.84. The number of benzene rings is 1. The number of amides is 1. The van der Waals surface area contributed by atoms with E-state index in [9.17, 15) is 14.7 Å². The standard InChI is InChI=1S/C17H21NO5/c19-15(18-17(16(20)21)7-9-22-10-8-17)13-3-5-14(6-4-13)23-11-12-1-2-12/h3-6,12H,1-2,7-11H2,(H,18,19)(H,20,21). The Hall–Kier alpha value is -2.08. The van der Waals surface area contributed by atoms with E-state index in [1.165, 1.54) is 12.8 Å². The van der Waals surface area contributed by atoms with Gasteiger partial charge in [0.05, 0.1) is 6.61 Å². The van der Waals surface area contributed by atoms with Gasteiger partial charge in [0.15, 0.2) is 0 Å². The summed E-state index contributed by atoms with van der Waals surface area (Å²) in [5.74, 6) is -0.00374. The quantitative estimate of drug-likeness (QED) is 0.836. The van der Waals surface area contributed by atoms with Crippen molar-refractivity contribution in [1.82, 2.24) is 5.32 Å². The minimum atomic E-state index is -1.24. The highest BCUT2D eigenvalue weighted by Crippen LogP contribution is 2.29. The van der Waals surface area contributed by atoms with Crippen LogP contribution in [-0.4, -0.2) is 42.3 Å². The minimum Gasteiger partial charge on any atom is -0.493 e.